The molecule has 4 aromatic carbocycles. The molecule has 0 amide bonds. The predicted molar refractivity (Wildman–Crippen MR) is 166 cm³/mol. The van der Waals surface area contributed by atoms with Crippen LogP contribution in [0.5, 0.6) is 5.75 Å². The summed E-state index contributed by atoms with van der Waals surface area (Å²) in [6.07, 6.45) is -4.07. The normalized spacial score (nSPS) is 12.2. The Bertz CT molecular complexity index is 1410. The third kappa shape index (κ3) is 9.75. The Morgan fingerprint density at radius 1 is 0.907 bits per heavy atom. The molecule has 0 aromatic heterocycles. The van der Waals surface area contributed by atoms with Crippen molar-refractivity contribution in [3.63, 3.8) is 0 Å². The van der Waals surface area contributed by atoms with E-state index in [1.54, 1.807) is 30.3 Å². The Labute approximate surface area is 261 Å². The van der Waals surface area contributed by atoms with Crippen LogP contribution < -0.4 is 4.74 Å². The summed E-state index contributed by atoms with van der Waals surface area (Å²) in [5.74, 6) is -0.385. The Hall–Kier alpha value is -3.52. The van der Waals surface area contributed by atoms with Crippen LogP contribution in [0.15, 0.2) is 103 Å². The van der Waals surface area contributed by atoms with Crippen LogP contribution in [0.4, 0.5) is 13.2 Å². The molecule has 9 heteroatoms. The lowest BCUT2D eigenvalue weighted by molar-refractivity contribution is -0.138. The van der Waals surface area contributed by atoms with Crippen molar-refractivity contribution in [1.29, 1.82) is 0 Å². The molecule has 0 heterocycles. The van der Waals surface area contributed by atoms with Crippen LogP contribution in [-0.2, 0) is 23.9 Å². The first-order chi connectivity index (χ1) is 20.1. The van der Waals surface area contributed by atoms with Crippen molar-refractivity contribution in [2.45, 2.75) is 44.4 Å². The van der Waals surface area contributed by atoms with E-state index in [0.29, 0.717) is 36.4 Å². The van der Waals surface area contributed by atoms with Crippen LogP contribution in [0, 0.1) is 0 Å². The number of carboxylic acid groups (broad SMARTS) is 1. The summed E-state index contributed by atoms with van der Waals surface area (Å²) in [6, 6.07) is 31.0. The maximum absolute atomic E-state index is 13.7. The molecule has 0 saturated heterocycles. The number of hydrogen-bond donors (Lipinski definition) is 1. The van der Waals surface area contributed by atoms with Gasteiger partial charge in [-0.15, -0.1) is 12.4 Å². The van der Waals surface area contributed by atoms with Crippen molar-refractivity contribution >= 4 is 30.0 Å². The van der Waals surface area contributed by atoms with Crippen molar-refractivity contribution in [2.24, 2.45) is 0 Å². The topological polar surface area (TPSA) is 49.8 Å². The molecule has 4 aromatic rings. The summed E-state index contributed by atoms with van der Waals surface area (Å²) >= 11 is 6.33. The van der Waals surface area contributed by atoms with E-state index in [2.05, 4.69) is 29.2 Å². The van der Waals surface area contributed by atoms with E-state index in [1.165, 1.54) is 6.07 Å². The smallest absolute Gasteiger partial charge is 0.417 e. The number of rotatable bonds is 13. The second kappa shape index (κ2) is 15.8. The lowest BCUT2D eigenvalue weighted by Crippen LogP contribution is -2.37. The molecule has 0 aliphatic heterocycles. The number of aliphatic carboxylic acids is 1. The second-order valence-electron chi connectivity index (χ2n) is 10.3. The van der Waals surface area contributed by atoms with Gasteiger partial charge in [0.25, 0.3) is 0 Å². The number of carbonyl (C=O) groups is 1. The van der Waals surface area contributed by atoms with Crippen molar-refractivity contribution < 1.29 is 27.8 Å². The van der Waals surface area contributed by atoms with Crippen LogP contribution in [-0.4, -0.2) is 35.2 Å². The van der Waals surface area contributed by atoms with E-state index in [1.807, 2.05) is 43.3 Å². The SMILES string of the molecule is C[C@H](CCOc1cccc(CC(=O)O)c1)N(Cc1cccc(C(F)(F)F)c1Cl)CC(c1ccccc1)c1ccccc1.Cl. The molecule has 0 spiro atoms. The van der Waals surface area contributed by atoms with Crippen molar-refractivity contribution in [3.8, 4) is 5.75 Å². The Kier molecular flexibility index (Phi) is 12.5. The van der Waals surface area contributed by atoms with Gasteiger partial charge in [0, 0.05) is 25.0 Å². The molecule has 0 fully saturated rings. The molecule has 0 bridgehead atoms. The van der Waals surface area contributed by atoms with Crippen LogP contribution >= 0.6 is 24.0 Å². The minimum atomic E-state index is -4.55. The average Bonchev–Trinajstić information content (AvgIpc) is 2.96. The number of nitrogens with zero attached hydrogens (tertiary/aromatic N) is 1. The summed E-state index contributed by atoms with van der Waals surface area (Å²) in [7, 11) is 0. The van der Waals surface area contributed by atoms with E-state index in [4.69, 9.17) is 21.4 Å². The van der Waals surface area contributed by atoms with Gasteiger partial charge in [-0.3, -0.25) is 9.69 Å². The molecule has 0 aliphatic carbocycles. The first-order valence-electron chi connectivity index (χ1n) is 13.7. The highest BCUT2D eigenvalue weighted by molar-refractivity contribution is 6.32. The summed E-state index contributed by atoms with van der Waals surface area (Å²) < 4.78 is 46.9. The zero-order valence-electron chi connectivity index (χ0n) is 23.6. The van der Waals surface area contributed by atoms with Gasteiger partial charge in [-0.05, 0) is 53.8 Å². The van der Waals surface area contributed by atoms with Crippen LogP contribution in [0.25, 0.3) is 0 Å². The highest BCUT2D eigenvalue weighted by Crippen LogP contribution is 2.37. The highest BCUT2D eigenvalue weighted by atomic mass is 35.5. The van der Waals surface area contributed by atoms with Gasteiger partial charge in [0.05, 0.1) is 23.6 Å². The lowest BCUT2D eigenvalue weighted by atomic mass is 9.90. The standard InChI is InChI=1S/C34H33ClF3NO3.ClH/c1-24(18-19-42-29-16-8-10-25(20-29)21-32(40)41)39(22-28-15-9-17-31(33(28)35)34(36,37)38)23-30(26-11-4-2-5-12-26)27-13-6-3-7-14-27;/h2-17,20,24,30H,18-19,21-23H2,1H3,(H,40,41);1H/t24-;/m1./s1. The number of ether oxygens (including phenoxy) is 1. The van der Waals surface area contributed by atoms with E-state index < -0.39 is 17.7 Å². The van der Waals surface area contributed by atoms with Gasteiger partial charge in [-0.25, -0.2) is 0 Å². The van der Waals surface area contributed by atoms with Crippen LogP contribution in [0.2, 0.25) is 5.02 Å². The highest BCUT2D eigenvalue weighted by Gasteiger charge is 2.34. The summed E-state index contributed by atoms with van der Waals surface area (Å²) in [4.78, 5) is 13.2. The first kappa shape index (κ1) is 34.0. The monoisotopic (exact) mass is 631 g/mol. The zero-order valence-corrected chi connectivity index (χ0v) is 25.2. The average molecular weight is 633 g/mol. The van der Waals surface area contributed by atoms with Gasteiger partial charge >= 0.3 is 12.1 Å². The number of alkyl halides is 3. The fraction of sp³-hybridized carbons (Fsp3) is 0.265. The molecule has 228 valence electrons. The minimum Gasteiger partial charge on any atom is -0.494 e. The maximum Gasteiger partial charge on any atom is 0.417 e. The van der Waals surface area contributed by atoms with Crippen LogP contribution in [0.1, 0.15) is 47.1 Å². The van der Waals surface area contributed by atoms with Crippen molar-refractivity contribution in [2.75, 3.05) is 13.2 Å². The van der Waals surface area contributed by atoms with Crippen molar-refractivity contribution in [3.05, 3.63) is 136 Å². The molecule has 43 heavy (non-hydrogen) atoms. The second-order valence-corrected chi connectivity index (χ2v) is 10.7. The molecule has 0 saturated carbocycles. The fourth-order valence-electron chi connectivity index (χ4n) is 5.00. The minimum absolute atomic E-state index is 0. The molecular formula is C34H34Cl2F3NO3. The molecular weight excluding hydrogens is 598 g/mol. The van der Waals surface area contributed by atoms with Gasteiger partial charge in [0.2, 0.25) is 0 Å². The number of hydrogen-bond acceptors (Lipinski definition) is 3. The predicted octanol–water partition coefficient (Wildman–Crippen LogP) is 8.90. The third-order valence-electron chi connectivity index (χ3n) is 7.26. The summed E-state index contributed by atoms with van der Waals surface area (Å²) in [5, 5.41) is 8.80. The molecule has 4 rings (SSSR count). The number of benzene rings is 4. The number of halogens is 5. The Morgan fingerprint density at radius 3 is 2.09 bits per heavy atom. The molecule has 0 radical (unpaired) electrons. The Morgan fingerprint density at radius 2 is 1.51 bits per heavy atom. The summed E-state index contributed by atoms with van der Waals surface area (Å²) in [5.41, 5.74) is 2.40. The first-order valence-corrected chi connectivity index (χ1v) is 14.1. The van der Waals surface area contributed by atoms with E-state index in [0.717, 1.165) is 17.2 Å². The van der Waals surface area contributed by atoms with Gasteiger partial charge in [0.15, 0.2) is 0 Å². The van der Waals surface area contributed by atoms with Gasteiger partial charge < -0.3 is 9.84 Å². The van der Waals surface area contributed by atoms with Gasteiger partial charge in [-0.2, -0.15) is 13.2 Å². The molecule has 0 aliphatic rings. The van der Waals surface area contributed by atoms with Crippen molar-refractivity contribution in [1.82, 2.24) is 4.90 Å². The van der Waals surface area contributed by atoms with Gasteiger partial charge in [-0.1, -0.05) is 96.5 Å². The zero-order chi connectivity index (χ0) is 30.1. The summed E-state index contributed by atoms with van der Waals surface area (Å²) in [6.45, 7) is 3.12. The van der Waals surface area contributed by atoms with E-state index in [9.17, 15) is 18.0 Å². The van der Waals surface area contributed by atoms with Gasteiger partial charge in [0.1, 0.15) is 5.75 Å². The van der Waals surface area contributed by atoms with E-state index in [-0.39, 0.29) is 42.4 Å². The maximum atomic E-state index is 13.7. The quantitative estimate of drug-likeness (QED) is 0.160. The molecule has 0 unspecified atom stereocenters. The largest absolute Gasteiger partial charge is 0.494 e. The Balaban J connectivity index is 0.00000506. The lowest BCUT2D eigenvalue weighted by Gasteiger charge is -2.34. The third-order valence-corrected chi connectivity index (χ3v) is 7.71. The molecule has 4 nitrogen and oxygen atoms in total. The number of carboxylic acids is 1. The fourth-order valence-corrected chi connectivity index (χ4v) is 5.29. The van der Waals surface area contributed by atoms with E-state index >= 15 is 0 Å². The van der Waals surface area contributed by atoms with Crippen LogP contribution in [0.3, 0.4) is 0 Å². The molecule has 1 atom stereocenters. The molecule has 1 N–H and O–H groups in total.